The van der Waals surface area contributed by atoms with Crippen molar-refractivity contribution in [2.75, 3.05) is 39.4 Å². The molecule has 0 N–H and O–H groups in total. The van der Waals surface area contributed by atoms with Crippen molar-refractivity contribution in [3.05, 3.63) is 59.7 Å². The molecular weight excluding hydrogens is 364 g/mol. The molecule has 5 heteroatoms. The Bertz CT molecular complexity index is 771. The molecule has 29 heavy (non-hydrogen) atoms. The normalized spacial score (nSPS) is 14.6. The highest BCUT2D eigenvalue weighted by Crippen LogP contribution is 2.29. The SMILES string of the molecule is CCOc1ccc(CCC(=O)N2CCN(Cc3ccccc3)CC2)cc1OCC. The minimum atomic E-state index is 0.233. The van der Waals surface area contributed by atoms with E-state index in [1.165, 1.54) is 5.56 Å². The number of nitrogens with zero attached hydrogens (tertiary/aromatic N) is 2. The van der Waals surface area contributed by atoms with Crippen molar-refractivity contribution in [3.8, 4) is 11.5 Å². The van der Waals surface area contributed by atoms with E-state index < -0.39 is 0 Å². The smallest absolute Gasteiger partial charge is 0.222 e. The van der Waals surface area contributed by atoms with E-state index >= 15 is 0 Å². The maximum absolute atomic E-state index is 12.7. The van der Waals surface area contributed by atoms with Crippen LogP contribution in [0.4, 0.5) is 0 Å². The van der Waals surface area contributed by atoms with Crippen LogP contribution in [0.15, 0.2) is 48.5 Å². The van der Waals surface area contributed by atoms with E-state index in [-0.39, 0.29) is 5.91 Å². The highest BCUT2D eigenvalue weighted by molar-refractivity contribution is 5.76. The van der Waals surface area contributed by atoms with Crippen molar-refractivity contribution in [1.82, 2.24) is 9.80 Å². The average molecular weight is 397 g/mol. The molecule has 3 rings (SSSR count). The minimum absolute atomic E-state index is 0.233. The number of aryl methyl sites for hydroxylation is 1. The van der Waals surface area contributed by atoms with E-state index in [0.717, 1.165) is 56.2 Å². The predicted octanol–water partition coefficient (Wildman–Crippen LogP) is 3.76. The fourth-order valence-electron chi connectivity index (χ4n) is 3.66. The van der Waals surface area contributed by atoms with Crippen LogP contribution in [0.3, 0.4) is 0 Å². The Hall–Kier alpha value is -2.53. The summed E-state index contributed by atoms with van der Waals surface area (Å²) in [5.74, 6) is 1.75. The van der Waals surface area contributed by atoms with E-state index in [2.05, 4.69) is 29.2 Å². The van der Waals surface area contributed by atoms with Crippen molar-refractivity contribution in [1.29, 1.82) is 0 Å². The third kappa shape index (κ3) is 6.23. The van der Waals surface area contributed by atoms with Crippen LogP contribution in [0, 0.1) is 0 Å². The van der Waals surface area contributed by atoms with Crippen LogP contribution < -0.4 is 9.47 Å². The number of hydrogen-bond donors (Lipinski definition) is 0. The lowest BCUT2D eigenvalue weighted by Crippen LogP contribution is -2.48. The van der Waals surface area contributed by atoms with Crippen LogP contribution in [-0.4, -0.2) is 55.1 Å². The van der Waals surface area contributed by atoms with Crippen LogP contribution in [0.25, 0.3) is 0 Å². The number of piperazine rings is 1. The molecule has 0 saturated carbocycles. The number of carbonyl (C=O) groups is 1. The first-order chi connectivity index (χ1) is 14.2. The monoisotopic (exact) mass is 396 g/mol. The van der Waals surface area contributed by atoms with E-state index in [9.17, 15) is 4.79 Å². The average Bonchev–Trinajstić information content (AvgIpc) is 2.75. The summed E-state index contributed by atoms with van der Waals surface area (Å²) in [7, 11) is 0. The molecule has 1 saturated heterocycles. The number of hydrogen-bond acceptors (Lipinski definition) is 4. The van der Waals surface area contributed by atoms with Gasteiger partial charge in [0.15, 0.2) is 11.5 Å². The summed E-state index contributed by atoms with van der Waals surface area (Å²) in [6.45, 7) is 9.54. The zero-order chi connectivity index (χ0) is 20.5. The Kier molecular flexibility index (Phi) is 7.94. The van der Waals surface area contributed by atoms with Crippen molar-refractivity contribution in [2.45, 2.75) is 33.2 Å². The molecule has 1 aliphatic rings. The molecular formula is C24H32N2O3. The van der Waals surface area contributed by atoms with Crippen LogP contribution in [0.5, 0.6) is 11.5 Å². The first kappa shape index (κ1) is 21.2. The molecule has 0 aliphatic carbocycles. The van der Waals surface area contributed by atoms with E-state index in [1.54, 1.807) is 0 Å². The highest BCUT2D eigenvalue weighted by Gasteiger charge is 2.21. The molecule has 2 aromatic carbocycles. The van der Waals surface area contributed by atoms with Crippen molar-refractivity contribution in [3.63, 3.8) is 0 Å². The van der Waals surface area contributed by atoms with Gasteiger partial charge in [0.2, 0.25) is 5.91 Å². The van der Waals surface area contributed by atoms with E-state index in [1.807, 2.05) is 43.0 Å². The van der Waals surface area contributed by atoms with Gasteiger partial charge in [-0.3, -0.25) is 9.69 Å². The Morgan fingerprint density at radius 3 is 2.24 bits per heavy atom. The lowest BCUT2D eigenvalue weighted by Gasteiger charge is -2.34. The van der Waals surface area contributed by atoms with Crippen molar-refractivity contribution >= 4 is 5.91 Å². The Labute approximate surface area is 174 Å². The van der Waals surface area contributed by atoms with Gasteiger partial charge in [-0.15, -0.1) is 0 Å². The molecule has 0 unspecified atom stereocenters. The molecule has 156 valence electrons. The minimum Gasteiger partial charge on any atom is -0.490 e. The molecule has 0 atom stereocenters. The molecule has 0 spiro atoms. The topological polar surface area (TPSA) is 42.0 Å². The maximum atomic E-state index is 12.7. The van der Waals surface area contributed by atoms with Crippen molar-refractivity contribution in [2.24, 2.45) is 0 Å². The molecule has 5 nitrogen and oxygen atoms in total. The quantitative estimate of drug-likeness (QED) is 0.647. The lowest BCUT2D eigenvalue weighted by molar-refractivity contribution is -0.133. The summed E-state index contributed by atoms with van der Waals surface area (Å²) in [4.78, 5) is 17.1. The second-order valence-electron chi connectivity index (χ2n) is 7.29. The van der Waals surface area contributed by atoms with Gasteiger partial charge in [0, 0.05) is 39.1 Å². The molecule has 2 aromatic rings. The fourth-order valence-corrected chi connectivity index (χ4v) is 3.66. The van der Waals surface area contributed by atoms with Crippen LogP contribution in [0.1, 0.15) is 31.4 Å². The Morgan fingerprint density at radius 2 is 1.55 bits per heavy atom. The first-order valence-electron chi connectivity index (χ1n) is 10.6. The van der Waals surface area contributed by atoms with Gasteiger partial charge < -0.3 is 14.4 Å². The molecule has 1 fully saturated rings. The second kappa shape index (κ2) is 10.9. The second-order valence-corrected chi connectivity index (χ2v) is 7.29. The fraction of sp³-hybridized carbons (Fsp3) is 0.458. The number of ether oxygens (including phenoxy) is 2. The van der Waals surface area contributed by atoms with Gasteiger partial charge in [-0.25, -0.2) is 0 Å². The number of benzene rings is 2. The lowest BCUT2D eigenvalue weighted by atomic mass is 10.1. The van der Waals surface area contributed by atoms with Crippen LogP contribution in [0.2, 0.25) is 0 Å². The van der Waals surface area contributed by atoms with Gasteiger partial charge in [-0.2, -0.15) is 0 Å². The summed E-state index contributed by atoms with van der Waals surface area (Å²) in [6, 6.07) is 16.5. The predicted molar refractivity (Wildman–Crippen MR) is 115 cm³/mol. The summed E-state index contributed by atoms with van der Waals surface area (Å²) < 4.78 is 11.3. The molecule has 1 heterocycles. The standard InChI is InChI=1S/C24H32N2O3/c1-3-28-22-12-10-20(18-23(22)29-4-2)11-13-24(27)26-16-14-25(15-17-26)19-21-8-6-5-7-9-21/h5-10,12,18H,3-4,11,13-17,19H2,1-2H3. The summed E-state index contributed by atoms with van der Waals surface area (Å²) in [6.07, 6.45) is 1.24. The van der Waals surface area contributed by atoms with Gasteiger partial charge in [-0.05, 0) is 43.5 Å². The van der Waals surface area contributed by atoms with E-state index in [4.69, 9.17) is 9.47 Å². The van der Waals surface area contributed by atoms with Gasteiger partial charge >= 0.3 is 0 Å². The third-order valence-electron chi connectivity index (χ3n) is 5.21. The summed E-state index contributed by atoms with van der Waals surface area (Å²) in [5, 5.41) is 0. The van der Waals surface area contributed by atoms with Gasteiger partial charge in [0.25, 0.3) is 0 Å². The summed E-state index contributed by atoms with van der Waals surface area (Å²) >= 11 is 0. The molecule has 0 bridgehead atoms. The van der Waals surface area contributed by atoms with Crippen LogP contribution >= 0.6 is 0 Å². The number of amides is 1. The van der Waals surface area contributed by atoms with Gasteiger partial charge in [0.05, 0.1) is 13.2 Å². The first-order valence-corrected chi connectivity index (χ1v) is 10.6. The molecule has 0 radical (unpaired) electrons. The molecule has 1 aliphatic heterocycles. The largest absolute Gasteiger partial charge is 0.490 e. The third-order valence-corrected chi connectivity index (χ3v) is 5.21. The molecule has 1 amide bonds. The summed E-state index contributed by atoms with van der Waals surface area (Å²) in [5.41, 5.74) is 2.43. The highest BCUT2D eigenvalue weighted by atomic mass is 16.5. The van der Waals surface area contributed by atoms with Gasteiger partial charge in [-0.1, -0.05) is 36.4 Å². The number of carbonyl (C=O) groups excluding carboxylic acids is 1. The Balaban J connectivity index is 1.47. The zero-order valence-corrected chi connectivity index (χ0v) is 17.6. The van der Waals surface area contributed by atoms with E-state index in [0.29, 0.717) is 19.6 Å². The zero-order valence-electron chi connectivity index (χ0n) is 17.6. The van der Waals surface area contributed by atoms with Crippen molar-refractivity contribution < 1.29 is 14.3 Å². The maximum Gasteiger partial charge on any atom is 0.222 e. The van der Waals surface area contributed by atoms with Gasteiger partial charge in [0.1, 0.15) is 0 Å². The Morgan fingerprint density at radius 1 is 0.862 bits per heavy atom. The molecule has 0 aromatic heterocycles. The van der Waals surface area contributed by atoms with Crippen LogP contribution in [-0.2, 0) is 17.8 Å². The number of rotatable bonds is 9.